The van der Waals surface area contributed by atoms with E-state index in [4.69, 9.17) is 9.47 Å². The van der Waals surface area contributed by atoms with Gasteiger partial charge in [0.15, 0.2) is 5.44 Å². The van der Waals surface area contributed by atoms with Crippen LogP contribution in [0.4, 0.5) is 0 Å². The lowest BCUT2D eigenvalue weighted by molar-refractivity contribution is -0.0910. The molecule has 0 bridgehead atoms. The Morgan fingerprint density at radius 1 is 0.929 bits per heavy atom. The Morgan fingerprint density at radius 3 is 2.32 bits per heavy atom. The van der Waals surface area contributed by atoms with Crippen LogP contribution in [0.1, 0.15) is 18.1 Å². The Labute approximate surface area is 168 Å². The molecule has 5 atom stereocenters. The van der Waals surface area contributed by atoms with Gasteiger partial charge in [-0.1, -0.05) is 30.3 Å². The molecule has 0 radical (unpaired) electrons. The van der Waals surface area contributed by atoms with E-state index < -0.39 is 29.0 Å². The van der Waals surface area contributed by atoms with Crippen LogP contribution in [0.15, 0.2) is 48.5 Å². The lowest BCUT2D eigenvalue weighted by atomic mass is 10.0. The molecule has 1 heterocycles. The number of para-hydroxylation sites is 1. The topological polar surface area (TPSA) is 99.4 Å². The molecule has 0 aliphatic carbocycles. The Bertz CT molecular complexity index is 751. The first kappa shape index (κ1) is 21.0. The summed E-state index contributed by atoms with van der Waals surface area (Å²) < 4.78 is 11.5. The number of benzene rings is 2. The number of aliphatic hydroxyl groups is 4. The molecule has 2 aromatic rings. The van der Waals surface area contributed by atoms with Gasteiger partial charge in [-0.3, -0.25) is 0 Å². The maximum Gasteiger partial charge on any atom is 0.173 e. The van der Waals surface area contributed by atoms with Crippen LogP contribution < -0.4 is 9.47 Å². The van der Waals surface area contributed by atoms with Gasteiger partial charge in [0.2, 0.25) is 0 Å². The first-order valence-electron chi connectivity index (χ1n) is 9.30. The highest BCUT2D eigenvalue weighted by Crippen LogP contribution is 2.35. The summed E-state index contributed by atoms with van der Waals surface area (Å²) in [7, 11) is 0. The molecule has 1 fully saturated rings. The average molecular weight is 407 g/mol. The monoisotopic (exact) mass is 406 g/mol. The highest BCUT2D eigenvalue weighted by Gasteiger charge is 2.44. The maximum atomic E-state index is 10.3. The summed E-state index contributed by atoms with van der Waals surface area (Å²) in [4.78, 5) is 0. The highest BCUT2D eigenvalue weighted by molar-refractivity contribution is 8.00. The van der Waals surface area contributed by atoms with Crippen molar-refractivity contribution >= 4 is 11.8 Å². The maximum absolute atomic E-state index is 10.3. The minimum absolute atomic E-state index is 0.316. The second-order valence-corrected chi connectivity index (χ2v) is 8.02. The molecule has 0 aromatic heterocycles. The zero-order chi connectivity index (χ0) is 20.1. The average Bonchev–Trinajstić information content (AvgIpc) is 2.71. The van der Waals surface area contributed by atoms with Gasteiger partial charge >= 0.3 is 0 Å². The lowest BCUT2D eigenvalue weighted by Crippen LogP contribution is -2.55. The predicted octanol–water partition coefficient (Wildman–Crippen LogP) is 1.57. The zero-order valence-electron chi connectivity index (χ0n) is 15.6. The van der Waals surface area contributed by atoms with Gasteiger partial charge in [0.25, 0.3) is 0 Å². The fraction of sp³-hybridized carbons (Fsp3) is 0.429. The van der Waals surface area contributed by atoms with E-state index >= 15 is 0 Å². The molecule has 7 heteroatoms. The minimum Gasteiger partial charge on any atom is -0.494 e. The van der Waals surface area contributed by atoms with Crippen LogP contribution in [0.3, 0.4) is 0 Å². The van der Waals surface area contributed by atoms with Gasteiger partial charge in [0.1, 0.15) is 23.7 Å². The van der Waals surface area contributed by atoms with Gasteiger partial charge in [-0.25, -0.2) is 0 Å². The Kier molecular flexibility index (Phi) is 7.20. The zero-order valence-corrected chi connectivity index (χ0v) is 16.5. The van der Waals surface area contributed by atoms with Crippen molar-refractivity contribution in [3.63, 3.8) is 0 Å². The van der Waals surface area contributed by atoms with E-state index in [-0.39, 0.29) is 6.61 Å². The summed E-state index contributed by atoms with van der Waals surface area (Å²) in [5.74, 6) is 1.41. The molecule has 0 unspecified atom stereocenters. The lowest BCUT2D eigenvalue weighted by Gasteiger charge is -2.39. The molecule has 1 aliphatic heterocycles. The third kappa shape index (κ3) is 4.79. The van der Waals surface area contributed by atoms with Crippen LogP contribution in [0, 0.1) is 0 Å². The number of thioether (sulfide) groups is 1. The van der Waals surface area contributed by atoms with Crippen molar-refractivity contribution in [2.24, 2.45) is 0 Å². The van der Waals surface area contributed by atoms with Gasteiger partial charge in [-0.05, 0) is 36.2 Å². The predicted molar refractivity (Wildman–Crippen MR) is 108 cm³/mol. The first-order chi connectivity index (χ1) is 13.5. The van der Waals surface area contributed by atoms with Gasteiger partial charge in [-0.15, -0.1) is 11.8 Å². The van der Waals surface area contributed by atoms with E-state index in [9.17, 15) is 20.4 Å². The van der Waals surface area contributed by atoms with Crippen molar-refractivity contribution < 1.29 is 29.9 Å². The van der Waals surface area contributed by atoms with Crippen LogP contribution in [-0.2, 0) is 6.42 Å². The van der Waals surface area contributed by atoms with Crippen LogP contribution in [0.2, 0.25) is 0 Å². The van der Waals surface area contributed by atoms with E-state index in [1.807, 2.05) is 55.5 Å². The first-order valence-corrected chi connectivity index (χ1v) is 10.2. The van der Waals surface area contributed by atoms with Crippen molar-refractivity contribution in [3.05, 3.63) is 59.7 Å². The number of hydrogen-bond acceptors (Lipinski definition) is 7. The second kappa shape index (κ2) is 9.62. The fourth-order valence-electron chi connectivity index (χ4n) is 3.14. The molecule has 0 amide bonds. The largest absolute Gasteiger partial charge is 0.494 e. The number of hydrogen-bond donors (Lipinski definition) is 4. The Balaban J connectivity index is 1.74. The summed E-state index contributed by atoms with van der Waals surface area (Å²) >= 11 is 1.12. The van der Waals surface area contributed by atoms with Crippen LogP contribution in [0.25, 0.3) is 0 Å². The van der Waals surface area contributed by atoms with Crippen LogP contribution in [-0.4, -0.2) is 62.6 Å². The standard InChI is InChI=1S/C21H26O6S/c1-2-26-15-9-7-13(8-10-15)11-14-5-3-4-6-16(14)27-21-20(25)19(24)18(23)17(12-22)28-21/h3-10,17-25H,2,11-12H2,1H3/t17-,18+,19-,20+,21-/m0/s1. The summed E-state index contributed by atoms with van der Waals surface area (Å²) in [6.07, 6.45) is -3.21. The molecule has 1 aliphatic rings. The summed E-state index contributed by atoms with van der Waals surface area (Å²) in [6, 6.07) is 15.3. The molecule has 0 spiro atoms. The molecule has 3 rings (SSSR count). The molecule has 4 N–H and O–H groups in total. The van der Waals surface area contributed by atoms with Crippen molar-refractivity contribution in [2.75, 3.05) is 13.2 Å². The molecule has 28 heavy (non-hydrogen) atoms. The number of rotatable bonds is 7. The van der Waals surface area contributed by atoms with Crippen LogP contribution >= 0.6 is 11.8 Å². The molecule has 0 saturated carbocycles. The van der Waals surface area contributed by atoms with Gasteiger partial charge < -0.3 is 29.9 Å². The number of aliphatic hydroxyl groups excluding tert-OH is 4. The van der Waals surface area contributed by atoms with Crippen molar-refractivity contribution in [2.45, 2.75) is 42.3 Å². The molecule has 6 nitrogen and oxygen atoms in total. The van der Waals surface area contributed by atoms with E-state index in [0.717, 1.165) is 28.6 Å². The normalized spacial score (nSPS) is 27.4. The quantitative estimate of drug-likeness (QED) is 0.554. The van der Waals surface area contributed by atoms with Gasteiger partial charge in [-0.2, -0.15) is 0 Å². The molecular weight excluding hydrogens is 380 g/mol. The third-order valence-corrected chi connectivity index (χ3v) is 6.11. The Hall–Kier alpha value is -1.77. The van der Waals surface area contributed by atoms with Crippen LogP contribution in [0.5, 0.6) is 11.5 Å². The van der Waals surface area contributed by atoms with Crippen molar-refractivity contribution in [3.8, 4) is 11.5 Å². The van der Waals surface area contributed by atoms with Crippen molar-refractivity contribution in [1.82, 2.24) is 0 Å². The molecule has 2 aromatic carbocycles. The van der Waals surface area contributed by atoms with E-state index in [1.165, 1.54) is 0 Å². The second-order valence-electron chi connectivity index (χ2n) is 6.68. The molecular formula is C21H26O6S. The van der Waals surface area contributed by atoms with Gasteiger partial charge in [0.05, 0.1) is 24.6 Å². The SMILES string of the molecule is CCOc1ccc(Cc2ccccc2O[C@H]2S[C@@H](CO)[C@@H](O)[C@H](O)[C@H]2O)cc1. The Morgan fingerprint density at radius 2 is 1.64 bits per heavy atom. The summed E-state index contributed by atoms with van der Waals surface area (Å²) in [5.41, 5.74) is 1.22. The molecule has 1 saturated heterocycles. The minimum atomic E-state index is -1.37. The fourth-order valence-corrected chi connectivity index (χ4v) is 4.38. The number of ether oxygens (including phenoxy) is 2. The summed E-state index contributed by atoms with van der Waals surface area (Å²) in [6.45, 7) is 2.24. The van der Waals surface area contributed by atoms with Crippen molar-refractivity contribution in [1.29, 1.82) is 0 Å². The highest BCUT2D eigenvalue weighted by atomic mass is 32.2. The smallest absolute Gasteiger partial charge is 0.173 e. The van der Waals surface area contributed by atoms with Gasteiger partial charge in [0, 0.05) is 6.42 Å². The summed E-state index contributed by atoms with van der Waals surface area (Å²) in [5, 5.41) is 39.1. The van der Waals surface area contributed by atoms with E-state index in [2.05, 4.69) is 0 Å². The molecule has 152 valence electrons. The van der Waals surface area contributed by atoms with E-state index in [0.29, 0.717) is 18.8 Å². The third-order valence-electron chi connectivity index (χ3n) is 4.69. The van der Waals surface area contributed by atoms with E-state index in [1.54, 1.807) is 0 Å².